The van der Waals surface area contributed by atoms with Gasteiger partial charge in [0.1, 0.15) is 6.10 Å². The number of aliphatic hydroxyl groups excluding tert-OH is 1. The number of thiol groups is 1. The third-order valence-electron chi connectivity index (χ3n) is 0.357. The summed E-state index contributed by atoms with van der Waals surface area (Å²) in [5.74, 6) is 0. The van der Waals surface area contributed by atoms with Crippen LogP contribution in [0.5, 0.6) is 0 Å². The minimum atomic E-state index is -0.923. The maximum Gasteiger partial charge on any atom is 2.00 e. The zero-order chi connectivity index (χ0) is 5.15. The largest absolute Gasteiger partial charge is 2.00 e. The molecule has 7 heavy (non-hydrogen) atoms. The van der Waals surface area contributed by atoms with Gasteiger partial charge in [-0.05, 0) is 6.92 Å². The Morgan fingerprint density at radius 2 is 2.14 bits per heavy atom. The smallest absolute Gasteiger partial charge is 1.00 e. The van der Waals surface area contributed by atoms with Gasteiger partial charge >= 0.3 is 23.1 Å². The van der Waals surface area contributed by atoms with Crippen LogP contribution in [-0.2, 0) is 4.79 Å². The van der Waals surface area contributed by atoms with E-state index < -0.39 is 11.2 Å². The second-order valence-corrected chi connectivity index (χ2v) is 1.45. The van der Waals surface area contributed by atoms with E-state index in [0.717, 1.165) is 0 Å². The van der Waals surface area contributed by atoms with Crippen molar-refractivity contribution < 1.29 is 12.8 Å². The molecule has 0 bridgehead atoms. The Labute approximate surface area is 66.8 Å². The number of hydrogen-bond donors (Lipinski definition) is 2. The third-order valence-corrected chi connectivity index (χ3v) is 0.731. The van der Waals surface area contributed by atoms with E-state index in [1.807, 2.05) is 0 Å². The summed E-state index contributed by atoms with van der Waals surface area (Å²) in [4.78, 5) is 9.76. The number of aliphatic hydroxyl groups is 1. The van der Waals surface area contributed by atoms with Gasteiger partial charge in [-0.15, -0.1) is 12.6 Å². The summed E-state index contributed by atoms with van der Waals surface area (Å²) in [6.45, 7) is 1.37. The van der Waals surface area contributed by atoms with Gasteiger partial charge in [-0.2, -0.15) is 0 Å². The number of hydrogen-bond acceptors (Lipinski definition) is 2. The molecule has 1 atom stereocenters. The standard InChI is InChI=1S/C3H6O2S.Mg.2H/c1-2(4)3(5)6;;;/h2,4H,1H3,(H,5,6);;;/q;+2;2*-1. The first-order chi connectivity index (χ1) is 2.64. The molecule has 0 spiro atoms. The van der Waals surface area contributed by atoms with Crippen LogP contribution < -0.4 is 0 Å². The summed E-state index contributed by atoms with van der Waals surface area (Å²) >= 11 is 3.30. The molecule has 1 unspecified atom stereocenters. The molecule has 0 aliphatic rings. The van der Waals surface area contributed by atoms with Crippen LogP contribution in [0.4, 0.5) is 0 Å². The second kappa shape index (κ2) is 4.89. The quantitative estimate of drug-likeness (QED) is 0.379. The van der Waals surface area contributed by atoms with Crippen molar-refractivity contribution in [1.82, 2.24) is 0 Å². The molecule has 2 nitrogen and oxygen atoms in total. The monoisotopic (exact) mass is 132 g/mol. The van der Waals surface area contributed by atoms with Gasteiger partial charge in [-0.25, -0.2) is 0 Å². The van der Waals surface area contributed by atoms with Crippen molar-refractivity contribution in [3.63, 3.8) is 0 Å². The summed E-state index contributed by atoms with van der Waals surface area (Å²) in [7, 11) is 0. The Kier molecular flexibility index (Phi) is 7.47. The summed E-state index contributed by atoms with van der Waals surface area (Å²) < 4.78 is 0. The van der Waals surface area contributed by atoms with Crippen LogP contribution in [0.2, 0.25) is 0 Å². The van der Waals surface area contributed by atoms with E-state index >= 15 is 0 Å². The van der Waals surface area contributed by atoms with Crippen LogP contribution in [0.3, 0.4) is 0 Å². The summed E-state index contributed by atoms with van der Waals surface area (Å²) in [6, 6.07) is 0. The Hall–Kier alpha value is 0.746. The van der Waals surface area contributed by atoms with Crippen LogP contribution in [-0.4, -0.2) is 39.4 Å². The van der Waals surface area contributed by atoms with Crippen LogP contribution in [0, 0.1) is 0 Å². The minimum Gasteiger partial charge on any atom is -1.00 e. The number of carbonyl (C=O) groups is 1. The summed E-state index contributed by atoms with van der Waals surface area (Å²) in [6.07, 6.45) is -0.923. The fraction of sp³-hybridized carbons (Fsp3) is 0.667. The van der Waals surface area contributed by atoms with Gasteiger partial charge in [-0.1, -0.05) is 0 Å². The predicted octanol–water partition coefficient (Wildman–Crippen LogP) is -0.332. The molecule has 40 valence electrons. The Balaban J connectivity index is -0.0000000417. The van der Waals surface area contributed by atoms with Gasteiger partial charge in [-0.3, -0.25) is 4.79 Å². The first-order valence-corrected chi connectivity index (χ1v) is 2.00. The van der Waals surface area contributed by atoms with Crippen LogP contribution in [0.25, 0.3) is 0 Å². The molecule has 0 aliphatic carbocycles. The molecule has 0 radical (unpaired) electrons. The molecular formula is C3H8MgO2S. The van der Waals surface area contributed by atoms with Crippen LogP contribution in [0.15, 0.2) is 0 Å². The molecule has 0 saturated heterocycles. The Bertz CT molecular complexity index is 70.8. The summed E-state index contributed by atoms with van der Waals surface area (Å²) in [5.41, 5.74) is 0. The Morgan fingerprint density at radius 1 is 2.00 bits per heavy atom. The van der Waals surface area contributed by atoms with Gasteiger partial charge in [0, 0.05) is 0 Å². The average Bonchev–Trinajstić information content (AvgIpc) is 1.36. The molecule has 1 N–H and O–H groups in total. The van der Waals surface area contributed by atoms with Gasteiger partial charge in [0.2, 0.25) is 5.12 Å². The van der Waals surface area contributed by atoms with Crippen LogP contribution in [0.1, 0.15) is 9.78 Å². The molecule has 0 aromatic carbocycles. The van der Waals surface area contributed by atoms with Gasteiger partial charge in [0.05, 0.1) is 0 Å². The van der Waals surface area contributed by atoms with Crippen molar-refractivity contribution in [2.75, 3.05) is 0 Å². The van der Waals surface area contributed by atoms with Gasteiger partial charge in [0.15, 0.2) is 0 Å². The molecule has 0 aromatic rings. The fourth-order valence-corrected chi connectivity index (χ4v) is 0. The van der Waals surface area contributed by atoms with E-state index in [-0.39, 0.29) is 25.9 Å². The van der Waals surface area contributed by atoms with Crippen molar-refractivity contribution in [3.05, 3.63) is 0 Å². The summed E-state index contributed by atoms with van der Waals surface area (Å²) in [5, 5.41) is 7.71. The van der Waals surface area contributed by atoms with Gasteiger partial charge in [0.25, 0.3) is 0 Å². The third kappa shape index (κ3) is 6.75. The molecule has 0 amide bonds. The van der Waals surface area contributed by atoms with E-state index in [2.05, 4.69) is 12.6 Å². The normalized spacial score (nSPS) is 11.9. The van der Waals surface area contributed by atoms with Crippen LogP contribution >= 0.6 is 12.6 Å². The van der Waals surface area contributed by atoms with Crippen molar-refractivity contribution >= 4 is 40.8 Å². The average molecular weight is 132 g/mol. The fourth-order valence-electron chi connectivity index (χ4n) is 0. The molecule has 0 heterocycles. The zero-order valence-corrected chi connectivity index (χ0v) is 6.40. The molecule has 0 aliphatic heterocycles. The van der Waals surface area contributed by atoms with Crippen molar-refractivity contribution in [3.8, 4) is 0 Å². The first-order valence-electron chi connectivity index (χ1n) is 1.55. The molecule has 0 fully saturated rings. The molecule has 0 aromatic heterocycles. The molecule has 4 heteroatoms. The Morgan fingerprint density at radius 3 is 2.14 bits per heavy atom. The van der Waals surface area contributed by atoms with E-state index in [4.69, 9.17) is 5.11 Å². The van der Waals surface area contributed by atoms with E-state index in [1.54, 1.807) is 0 Å². The minimum absolute atomic E-state index is 0. The zero-order valence-electron chi connectivity index (χ0n) is 6.09. The molecule has 0 rings (SSSR count). The molecule has 0 saturated carbocycles. The second-order valence-electron chi connectivity index (χ2n) is 1.01. The molecular weight excluding hydrogens is 124 g/mol. The predicted molar refractivity (Wildman–Crippen MR) is 33.7 cm³/mol. The van der Waals surface area contributed by atoms with Gasteiger partial charge < -0.3 is 7.96 Å². The number of carbonyl (C=O) groups excluding carboxylic acids is 1. The van der Waals surface area contributed by atoms with Crippen molar-refractivity contribution in [1.29, 1.82) is 0 Å². The first kappa shape index (κ1) is 10.7. The topological polar surface area (TPSA) is 37.3 Å². The number of rotatable bonds is 1. The SMILES string of the molecule is CC(O)C(=O)S.[H-].[H-].[Mg+2]. The van der Waals surface area contributed by atoms with E-state index in [0.29, 0.717) is 0 Å². The van der Waals surface area contributed by atoms with Crippen molar-refractivity contribution in [2.24, 2.45) is 0 Å². The maximum absolute atomic E-state index is 9.76. The van der Waals surface area contributed by atoms with E-state index in [1.165, 1.54) is 6.92 Å². The maximum atomic E-state index is 9.76. The van der Waals surface area contributed by atoms with Crippen molar-refractivity contribution in [2.45, 2.75) is 13.0 Å². The van der Waals surface area contributed by atoms with E-state index in [9.17, 15) is 4.79 Å².